The van der Waals surface area contributed by atoms with Crippen LogP contribution in [-0.4, -0.2) is 16.8 Å². The lowest BCUT2D eigenvalue weighted by molar-refractivity contribution is -0.108. The van der Waals surface area contributed by atoms with Gasteiger partial charge in [0, 0.05) is 29.9 Å². The average molecular weight is 457 g/mol. The monoisotopic (exact) mass is 456 g/mol. The zero-order valence-electron chi connectivity index (χ0n) is 19.6. The first-order chi connectivity index (χ1) is 16.5. The number of hydrogen-bond acceptors (Lipinski definition) is 2. The molecule has 0 saturated heterocycles. The Bertz CT molecular complexity index is 1240. The van der Waals surface area contributed by atoms with Crippen LogP contribution in [0.25, 0.3) is 16.8 Å². The number of halogens is 1. The second-order valence-corrected chi connectivity index (χ2v) is 8.71. The molecule has 1 heterocycles. The van der Waals surface area contributed by atoms with Gasteiger partial charge in [0.15, 0.2) is 0 Å². The van der Waals surface area contributed by atoms with Crippen LogP contribution in [0.5, 0.6) is 0 Å². The summed E-state index contributed by atoms with van der Waals surface area (Å²) >= 11 is 0. The first kappa shape index (κ1) is 23.4. The number of hydrogen-bond donors (Lipinski definition) is 1. The number of carbonyl (C=O) groups is 2. The van der Waals surface area contributed by atoms with Crippen molar-refractivity contribution in [3.8, 4) is 11.3 Å². The predicted molar refractivity (Wildman–Crippen MR) is 135 cm³/mol. The van der Waals surface area contributed by atoms with E-state index in [4.69, 9.17) is 0 Å². The molecule has 2 aromatic carbocycles. The van der Waals surface area contributed by atoms with E-state index in [0.717, 1.165) is 47.2 Å². The Kier molecular flexibility index (Phi) is 7.21. The Morgan fingerprint density at radius 2 is 1.82 bits per heavy atom. The molecule has 4 nitrogen and oxygen atoms in total. The highest BCUT2D eigenvalue weighted by Crippen LogP contribution is 2.41. The summed E-state index contributed by atoms with van der Waals surface area (Å²) in [6, 6.07) is 15.7. The molecule has 5 heteroatoms. The normalized spacial score (nSPS) is 13.1. The maximum Gasteiger partial charge on any atom is 0.258 e. The Morgan fingerprint density at radius 3 is 2.44 bits per heavy atom. The number of aldehydes is 1. The third-order valence-electron chi connectivity index (χ3n) is 5.98. The molecule has 174 valence electrons. The number of rotatable bonds is 8. The van der Waals surface area contributed by atoms with Gasteiger partial charge in [-0.25, -0.2) is 4.39 Å². The van der Waals surface area contributed by atoms with Gasteiger partial charge in [0.05, 0.1) is 11.3 Å². The third kappa shape index (κ3) is 4.79. The molecule has 0 saturated carbocycles. The summed E-state index contributed by atoms with van der Waals surface area (Å²) in [4.78, 5) is 25.2. The topological polar surface area (TPSA) is 51.1 Å². The van der Waals surface area contributed by atoms with Crippen LogP contribution in [0.15, 0.2) is 72.8 Å². The highest BCUT2D eigenvalue weighted by Gasteiger charge is 2.31. The van der Waals surface area contributed by atoms with Crippen LogP contribution < -0.4 is 5.32 Å². The summed E-state index contributed by atoms with van der Waals surface area (Å²) < 4.78 is 15.9. The second kappa shape index (κ2) is 10.5. The molecule has 0 aliphatic heterocycles. The summed E-state index contributed by atoms with van der Waals surface area (Å²) in [6.07, 6.45) is 9.35. The molecular formula is C29H29FN2O2. The van der Waals surface area contributed by atoms with Crippen molar-refractivity contribution in [2.45, 2.75) is 45.6 Å². The van der Waals surface area contributed by atoms with Gasteiger partial charge in [0.25, 0.3) is 5.91 Å². The minimum absolute atomic E-state index is 0.0179. The zero-order valence-corrected chi connectivity index (χ0v) is 19.6. The summed E-state index contributed by atoms with van der Waals surface area (Å²) in [6.45, 7) is 4.54. The van der Waals surface area contributed by atoms with E-state index in [1.54, 1.807) is 12.1 Å². The van der Waals surface area contributed by atoms with Crippen LogP contribution in [0.2, 0.25) is 0 Å². The van der Waals surface area contributed by atoms with E-state index in [2.05, 4.69) is 42.0 Å². The predicted octanol–water partition coefficient (Wildman–Crippen LogP) is 6.99. The summed E-state index contributed by atoms with van der Waals surface area (Å²) in [5.74, 6) is -0.499. The Morgan fingerprint density at radius 1 is 1.09 bits per heavy atom. The van der Waals surface area contributed by atoms with Gasteiger partial charge in [-0.05, 0) is 66.3 Å². The van der Waals surface area contributed by atoms with Gasteiger partial charge in [-0.1, -0.05) is 50.3 Å². The number of anilines is 1. The van der Waals surface area contributed by atoms with Gasteiger partial charge in [-0.2, -0.15) is 0 Å². The van der Waals surface area contributed by atoms with Crippen molar-refractivity contribution >= 4 is 23.5 Å². The number of nitrogens with one attached hydrogen (secondary N) is 1. The molecule has 4 rings (SSSR count). The number of nitrogens with zero attached hydrogens (tertiary/aromatic N) is 1. The van der Waals surface area contributed by atoms with Gasteiger partial charge in [0.1, 0.15) is 12.1 Å². The number of allylic oxidation sites excluding steroid dienone is 4. The SMILES string of the molecule is CC(C)c1c(C(=O)Nc2ccccc2)c(C2=CCCC=C2)c(-c2ccc(F)cc2)n1CCC=O. The molecule has 1 aliphatic rings. The lowest BCUT2D eigenvalue weighted by Gasteiger charge is -2.16. The van der Waals surface area contributed by atoms with Crippen molar-refractivity contribution in [3.05, 3.63) is 95.5 Å². The Labute approximate surface area is 199 Å². The van der Waals surface area contributed by atoms with Crippen LogP contribution in [0.1, 0.15) is 60.6 Å². The third-order valence-corrected chi connectivity index (χ3v) is 5.98. The average Bonchev–Trinajstić information content (AvgIpc) is 3.20. The van der Waals surface area contributed by atoms with Gasteiger partial charge in [-0.3, -0.25) is 4.79 Å². The van der Waals surface area contributed by atoms with Gasteiger partial charge >= 0.3 is 0 Å². The molecule has 3 aromatic rings. The van der Waals surface area contributed by atoms with E-state index in [9.17, 15) is 14.0 Å². The molecule has 34 heavy (non-hydrogen) atoms. The first-order valence-corrected chi connectivity index (χ1v) is 11.7. The zero-order chi connectivity index (χ0) is 24.1. The molecule has 0 bridgehead atoms. The largest absolute Gasteiger partial charge is 0.343 e. The Hall–Kier alpha value is -3.73. The van der Waals surface area contributed by atoms with Crippen LogP contribution in [0, 0.1) is 5.82 Å². The summed E-state index contributed by atoms with van der Waals surface area (Å²) in [7, 11) is 0. The van der Waals surface area contributed by atoms with Crippen molar-refractivity contribution in [1.82, 2.24) is 4.57 Å². The quantitative estimate of drug-likeness (QED) is 0.371. The number of amides is 1. The maximum absolute atomic E-state index is 13.8. The molecule has 1 aromatic heterocycles. The minimum atomic E-state index is -0.320. The van der Waals surface area contributed by atoms with Crippen molar-refractivity contribution in [2.24, 2.45) is 0 Å². The van der Waals surface area contributed by atoms with E-state index in [-0.39, 0.29) is 17.6 Å². The lowest BCUT2D eigenvalue weighted by Crippen LogP contribution is -2.17. The molecule has 0 atom stereocenters. The molecule has 0 spiro atoms. The number of para-hydroxylation sites is 1. The van der Waals surface area contributed by atoms with Crippen molar-refractivity contribution < 1.29 is 14.0 Å². The first-order valence-electron chi connectivity index (χ1n) is 11.7. The van der Waals surface area contributed by atoms with Crippen LogP contribution in [-0.2, 0) is 11.3 Å². The molecule has 0 unspecified atom stereocenters. The van der Waals surface area contributed by atoms with E-state index >= 15 is 0 Å². The van der Waals surface area contributed by atoms with Crippen LogP contribution >= 0.6 is 0 Å². The second-order valence-electron chi connectivity index (χ2n) is 8.71. The van der Waals surface area contributed by atoms with Crippen molar-refractivity contribution in [2.75, 3.05) is 5.32 Å². The van der Waals surface area contributed by atoms with Crippen LogP contribution in [0.3, 0.4) is 0 Å². The van der Waals surface area contributed by atoms with E-state index in [0.29, 0.717) is 24.2 Å². The number of benzene rings is 2. The molecule has 1 amide bonds. The minimum Gasteiger partial charge on any atom is -0.343 e. The van der Waals surface area contributed by atoms with Gasteiger partial charge < -0.3 is 14.7 Å². The highest BCUT2D eigenvalue weighted by atomic mass is 19.1. The van der Waals surface area contributed by atoms with E-state index < -0.39 is 0 Å². The molecule has 0 fully saturated rings. The smallest absolute Gasteiger partial charge is 0.258 e. The van der Waals surface area contributed by atoms with E-state index in [1.165, 1.54) is 12.1 Å². The van der Waals surface area contributed by atoms with Crippen molar-refractivity contribution in [3.63, 3.8) is 0 Å². The van der Waals surface area contributed by atoms with Crippen molar-refractivity contribution in [1.29, 1.82) is 0 Å². The number of carbonyl (C=O) groups excluding carboxylic acids is 2. The lowest BCUT2D eigenvalue weighted by atomic mass is 9.91. The fourth-order valence-electron chi connectivity index (χ4n) is 4.58. The summed E-state index contributed by atoms with van der Waals surface area (Å²) in [5, 5.41) is 3.06. The number of aromatic nitrogens is 1. The fourth-order valence-corrected chi connectivity index (χ4v) is 4.58. The van der Waals surface area contributed by atoms with Gasteiger partial charge in [-0.15, -0.1) is 0 Å². The van der Waals surface area contributed by atoms with E-state index in [1.807, 2.05) is 30.3 Å². The standard InChI is InChI=1S/C29H29FN2O2/c1-20(2)27-26(29(34)31-24-12-7-4-8-13-24)25(21-10-5-3-6-11-21)28(32(27)18-9-19-33)22-14-16-23(30)17-15-22/h4-5,7-8,10-17,19-20H,3,6,9,18H2,1-2H3,(H,31,34). The Balaban J connectivity index is 2.01. The molecule has 0 radical (unpaired) electrons. The summed E-state index contributed by atoms with van der Waals surface area (Å²) in [5.41, 5.74) is 5.61. The maximum atomic E-state index is 13.8. The van der Waals surface area contributed by atoms with Crippen LogP contribution in [0.4, 0.5) is 10.1 Å². The highest BCUT2D eigenvalue weighted by molar-refractivity contribution is 6.11. The molecule has 1 N–H and O–H groups in total. The molecular weight excluding hydrogens is 427 g/mol. The molecule has 1 aliphatic carbocycles. The van der Waals surface area contributed by atoms with Gasteiger partial charge in [0.2, 0.25) is 0 Å². The fraction of sp³-hybridized carbons (Fsp3) is 0.241.